The van der Waals surface area contributed by atoms with Crippen molar-refractivity contribution >= 4 is 0 Å². The Labute approximate surface area is 146 Å². The molecule has 0 unspecified atom stereocenters. The van der Waals surface area contributed by atoms with E-state index in [1.165, 1.54) is 25.7 Å². The van der Waals surface area contributed by atoms with Crippen LogP contribution < -0.4 is 0 Å². The Kier molecular flexibility index (Phi) is 8.24. The summed E-state index contributed by atoms with van der Waals surface area (Å²) in [5.41, 5.74) is 1.75. The normalized spacial score (nSPS) is 20.7. The van der Waals surface area contributed by atoms with Gasteiger partial charge in [-0.25, -0.2) is 4.39 Å². The maximum atomic E-state index is 14.3. The standard InChI is InChI=1S/C22H31FO/c1-3-5-15-24-17-20-12-14-21(22(23)16-20)13-11-19-9-7-18(6-4-2)8-10-19/h3-4,12,14,16,18-19H,1-2,5-11,13,15,17H2. The Balaban J connectivity index is 1.74. The molecule has 2 rings (SSSR count). The maximum Gasteiger partial charge on any atom is 0.126 e. The molecule has 1 saturated carbocycles. The van der Waals surface area contributed by atoms with E-state index in [1.54, 1.807) is 6.07 Å². The van der Waals surface area contributed by atoms with Gasteiger partial charge in [-0.3, -0.25) is 0 Å². The van der Waals surface area contributed by atoms with Gasteiger partial charge in [-0.1, -0.05) is 37.1 Å². The summed E-state index contributed by atoms with van der Waals surface area (Å²) in [5, 5.41) is 0. The lowest BCUT2D eigenvalue weighted by Crippen LogP contribution is -2.15. The average molecular weight is 330 g/mol. The van der Waals surface area contributed by atoms with Crippen molar-refractivity contribution in [3.05, 3.63) is 60.5 Å². The van der Waals surface area contributed by atoms with Gasteiger partial charge in [0.2, 0.25) is 0 Å². The quantitative estimate of drug-likeness (QED) is 0.365. The van der Waals surface area contributed by atoms with Crippen molar-refractivity contribution in [1.29, 1.82) is 0 Å². The summed E-state index contributed by atoms with van der Waals surface area (Å²) in [6.07, 6.45) is 13.0. The predicted octanol–water partition coefficient (Wildman–Crippen LogP) is 6.23. The smallest absolute Gasteiger partial charge is 0.126 e. The van der Waals surface area contributed by atoms with Crippen LogP contribution in [-0.2, 0) is 17.8 Å². The van der Waals surface area contributed by atoms with Crippen LogP contribution in [0, 0.1) is 17.7 Å². The number of benzene rings is 1. The Hall–Kier alpha value is -1.41. The second kappa shape index (κ2) is 10.5. The van der Waals surface area contributed by atoms with Crippen LogP contribution in [0.4, 0.5) is 4.39 Å². The summed E-state index contributed by atoms with van der Waals surface area (Å²) in [4.78, 5) is 0. The second-order valence-corrected chi connectivity index (χ2v) is 7.01. The molecule has 1 fully saturated rings. The molecule has 0 radical (unpaired) electrons. The molecule has 0 saturated heterocycles. The highest BCUT2D eigenvalue weighted by molar-refractivity contribution is 5.24. The third-order valence-electron chi connectivity index (χ3n) is 5.14. The van der Waals surface area contributed by atoms with Crippen molar-refractivity contribution in [1.82, 2.24) is 0 Å². The summed E-state index contributed by atoms with van der Waals surface area (Å²) >= 11 is 0. The van der Waals surface area contributed by atoms with Crippen LogP contribution in [-0.4, -0.2) is 6.61 Å². The van der Waals surface area contributed by atoms with E-state index in [4.69, 9.17) is 4.74 Å². The summed E-state index contributed by atoms with van der Waals surface area (Å²) in [6.45, 7) is 8.61. The van der Waals surface area contributed by atoms with Gasteiger partial charge in [0.25, 0.3) is 0 Å². The molecule has 24 heavy (non-hydrogen) atoms. The highest BCUT2D eigenvalue weighted by Gasteiger charge is 2.20. The molecule has 0 aliphatic heterocycles. The molecule has 132 valence electrons. The predicted molar refractivity (Wildman–Crippen MR) is 99.5 cm³/mol. The first-order chi connectivity index (χ1) is 11.7. The van der Waals surface area contributed by atoms with Gasteiger partial charge >= 0.3 is 0 Å². The second-order valence-electron chi connectivity index (χ2n) is 7.01. The van der Waals surface area contributed by atoms with Gasteiger partial charge in [-0.2, -0.15) is 0 Å². The highest BCUT2D eigenvalue weighted by atomic mass is 19.1. The number of allylic oxidation sites excluding steroid dienone is 1. The molecule has 0 bridgehead atoms. The molecule has 0 atom stereocenters. The summed E-state index contributed by atoms with van der Waals surface area (Å²) in [7, 11) is 0. The topological polar surface area (TPSA) is 9.23 Å². The summed E-state index contributed by atoms with van der Waals surface area (Å²) in [6, 6.07) is 5.56. The molecule has 0 amide bonds. The molecule has 1 nitrogen and oxygen atoms in total. The van der Waals surface area contributed by atoms with Gasteiger partial charge in [0.05, 0.1) is 13.2 Å². The Bertz CT molecular complexity index is 515. The van der Waals surface area contributed by atoms with Crippen molar-refractivity contribution in [2.75, 3.05) is 6.61 Å². The fraction of sp³-hybridized carbons (Fsp3) is 0.545. The highest BCUT2D eigenvalue weighted by Crippen LogP contribution is 2.33. The van der Waals surface area contributed by atoms with E-state index in [0.717, 1.165) is 48.6 Å². The van der Waals surface area contributed by atoms with E-state index >= 15 is 0 Å². The molecule has 0 heterocycles. The van der Waals surface area contributed by atoms with Crippen LogP contribution in [0.5, 0.6) is 0 Å². The molecule has 1 aliphatic carbocycles. The third kappa shape index (κ3) is 6.24. The number of aryl methyl sites for hydroxylation is 1. The molecular weight excluding hydrogens is 299 g/mol. The number of ether oxygens (including phenoxy) is 1. The van der Waals surface area contributed by atoms with Crippen molar-refractivity contribution in [2.45, 2.75) is 58.0 Å². The van der Waals surface area contributed by atoms with Crippen LogP contribution >= 0.6 is 0 Å². The SMILES string of the molecule is C=CCCOCc1ccc(CCC2CCC(CC=C)CC2)c(F)c1. The largest absolute Gasteiger partial charge is 0.376 e. The van der Waals surface area contributed by atoms with Crippen LogP contribution in [0.25, 0.3) is 0 Å². The van der Waals surface area contributed by atoms with Gasteiger partial charge in [-0.05, 0) is 67.6 Å². The van der Waals surface area contributed by atoms with Crippen LogP contribution in [0.1, 0.15) is 56.1 Å². The molecular formula is C22H31FO. The summed E-state index contributed by atoms with van der Waals surface area (Å²) < 4.78 is 19.8. The minimum Gasteiger partial charge on any atom is -0.376 e. The van der Waals surface area contributed by atoms with Gasteiger partial charge in [0.1, 0.15) is 5.82 Å². The molecule has 2 heteroatoms. The molecule has 0 N–H and O–H groups in total. The van der Waals surface area contributed by atoms with Crippen molar-refractivity contribution < 1.29 is 9.13 Å². The minimum atomic E-state index is -0.0832. The molecule has 1 aliphatic rings. The first-order valence-electron chi connectivity index (χ1n) is 9.29. The lowest BCUT2D eigenvalue weighted by molar-refractivity contribution is 0.125. The fourth-order valence-electron chi connectivity index (χ4n) is 3.59. The molecule has 1 aromatic carbocycles. The Morgan fingerprint density at radius 3 is 2.50 bits per heavy atom. The van der Waals surface area contributed by atoms with Gasteiger partial charge in [-0.15, -0.1) is 13.2 Å². The molecule has 0 spiro atoms. The Morgan fingerprint density at radius 2 is 1.83 bits per heavy atom. The van der Waals surface area contributed by atoms with Crippen LogP contribution in [0.2, 0.25) is 0 Å². The van der Waals surface area contributed by atoms with Gasteiger partial charge in [0, 0.05) is 0 Å². The van der Waals surface area contributed by atoms with E-state index in [2.05, 4.69) is 13.2 Å². The Morgan fingerprint density at radius 1 is 1.08 bits per heavy atom. The summed E-state index contributed by atoms with van der Waals surface area (Å²) in [5.74, 6) is 1.50. The zero-order chi connectivity index (χ0) is 17.2. The van der Waals surface area contributed by atoms with E-state index in [9.17, 15) is 4.39 Å². The van der Waals surface area contributed by atoms with Crippen molar-refractivity contribution in [3.63, 3.8) is 0 Å². The van der Waals surface area contributed by atoms with Crippen molar-refractivity contribution in [2.24, 2.45) is 11.8 Å². The monoisotopic (exact) mass is 330 g/mol. The van der Waals surface area contributed by atoms with Crippen LogP contribution in [0.3, 0.4) is 0 Å². The first kappa shape index (κ1) is 18.9. The zero-order valence-electron chi connectivity index (χ0n) is 14.8. The number of hydrogen-bond donors (Lipinski definition) is 0. The molecule has 1 aromatic rings. The lowest BCUT2D eigenvalue weighted by Gasteiger charge is -2.27. The van der Waals surface area contributed by atoms with E-state index in [1.807, 2.05) is 24.3 Å². The van der Waals surface area contributed by atoms with E-state index in [-0.39, 0.29) is 5.82 Å². The van der Waals surface area contributed by atoms with E-state index in [0.29, 0.717) is 13.2 Å². The zero-order valence-corrected chi connectivity index (χ0v) is 14.8. The average Bonchev–Trinajstić information content (AvgIpc) is 2.59. The maximum absolute atomic E-state index is 14.3. The lowest BCUT2D eigenvalue weighted by atomic mass is 9.78. The number of rotatable bonds is 10. The van der Waals surface area contributed by atoms with Crippen LogP contribution in [0.15, 0.2) is 43.5 Å². The minimum absolute atomic E-state index is 0.0832. The number of halogens is 1. The third-order valence-corrected chi connectivity index (χ3v) is 5.14. The van der Waals surface area contributed by atoms with Gasteiger partial charge < -0.3 is 4.74 Å². The fourth-order valence-corrected chi connectivity index (χ4v) is 3.59. The molecule has 0 aromatic heterocycles. The van der Waals surface area contributed by atoms with Crippen molar-refractivity contribution in [3.8, 4) is 0 Å². The van der Waals surface area contributed by atoms with E-state index < -0.39 is 0 Å². The van der Waals surface area contributed by atoms with Gasteiger partial charge in [0.15, 0.2) is 0 Å². The number of hydrogen-bond acceptors (Lipinski definition) is 1. The first-order valence-corrected chi connectivity index (χ1v) is 9.29.